The summed E-state index contributed by atoms with van der Waals surface area (Å²) in [5.41, 5.74) is 1.08. The summed E-state index contributed by atoms with van der Waals surface area (Å²) in [7, 11) is -1.74. The van der Waals surface area contributed by atoms with Gasteiger partial charge in [-0.05, 0) is 26.6 Å². The van der Waals surface area contributed by atoms with Crippen LogP contribution in [0.3, 0.4) is 0 Å². The van der Waals surface area contributed by atoms with E-state index >= 15 is 0 Å². The molecule has 3 N–H and O–H groups in total. The maximum absolute atomic E-state index is 12.3. The number of aromatic nitrogens is 2. The highest BCUT2D eigenvalue weighted by Gasteiger charge is 2.23. The van der Waals surface area contributed by atoms with Crippen LogP contribution in [-0.2, 0) is 16.6 Å². The molecule has 1 atom stereocenters. The Morgan fingerprint density at radius 3 is 2.74 bits per heavy atom. The highest BCUT2D eigenvalue weighted by molar-refractivity contribution is 7.99. The van der Waals surface area contributed by atoms with Gasteiger partial charge >= 0.3 is 0 Å². The van der Waals surface area contributed by atoms with Crippen LogP contribution in [0.2, 0.25) is 0 Å². The molecule has 0 radical (unpaired) electrons. The van der Waals surface area contributed by atoms with Gasteiger partial charge in [0.2, 0.25) is 10.0 Å². The van der Waals surface area contributed by atoms with Crippen LogP contribution in [0.5, 0.6) is 0 Å². The first-order valence-corrected chi connectivity index (χ1v) is 8.90. The third kappa shape index (κ3) is 4.48. The van der Waals surface area contributed by atoms with Crippen LogP contribution >= 0.6 is 11.8 Å². The minimum atomic E-state index is -3.50. The first-order chi connectivity index (χ1) is 8.92. The van der Waals surface area contributed by atoms with Crippen molar-refractivity contribution < 1.29 is 8.42 Å². The zero-order valence-corrected chi connectivity index (χ0v) is 13.4. The van der Waals surface area contributed by atoms with E-state index in [0.717, 1.165) is 6.42 Å². The molecule has 6 nitrogen and oxygen atoms in total. The summed E-state index contributed by atoms with van der Waals surface area (Å²) in [4.78, 5) is 0.263. The minimum absolute atomic E-state index is 0.263. The van der Waals surface area contributed by atoms with Gasteiger partial charge in [0.15, 0.2) is 0 Å². The summed E-state index contributed by atoms with van der Waals surface area (Å²) in [6.45, 7) is 4.65. The number of nitrogens with one attached hydrogen (secondary N) is 3. The van der Waals surface area contributed by atoms with Crippen molar-refractivity contribution in [3.63, 3.8) is 0 Å². The predicted molar refractivity (Wildman–Crippen MR) is 78.9 cm³/mol. The summed E-state index contributed by atoms with van der Waals surface area (Å²) in [6.07, 6.45) is 2.82. The van der Waals surface area contributed by atoms with Crippen molar-refractivity contribution >= 4 is 21.8 Å². The molecular formula is C11H22N4O2S2. The molecule has 0 spiro atoms. The highest BCUT2D eigenvalue weighted by atomic mass is 32.2. The van der Waals surface area contributed by atoms with Gasteiger partial charge in [-0.25, -0.2) is 13.1 Å². The number of aryl methyl sites for hydroxylation is 1. The second kappa shape index (κ2) is 7.28. The zero-order chi connectivity index (χ0) is 14.5. The van der Waals surface area contributed by atoms with E-state index in [4.69, 9.17) is 0 Å². The molecule has 1 unspecified atom stereocenters. The van der Waals surface area contributed by atoms with Crippen molar-refractivity contribution in [3.8, 4) is 0 Å². The second-order valence-electron chi connectivity index (χ2n) is 4.39. The molecule has 0 aliphatic rings. The van der Waals surface area contributed by atoms with Gasteiger partial charge in [0, 0.05) is 18.3 Å². The molecule has 0 aliphatic carbocycles. The second-order valence-corrected chi connectivity index (χ2v) is 7.37. The Kier molecular flexibility index (Phi) is 6.31. The lowest BCUT2D eigenvalue weighted by atomic mass is 10.3. The molecule has 0 amide bonds. The summed E-state index contributed by atoms with van der Waals surface area (Å²) >= 11 is 1.72. The van der Waals surface area contributed by atoms with Crippen molar-refractivity contribution in [2.45, 2.75) is 37.0 Å². The fourth-order valence-corrected chi connectivity index (χ4v) is 3.46. The third-order valence-electron chi connectivity index (χ3n) is 2.82. The summed E-state index contributed by atoms with van der Waals surface area (Å²) in [6, 6.07) is 0. The number of sulfonamides is 1. The van der Waals surface area contributed by atoms with E-state index in [1.165, 1.54) is 0 Å². The number of hydrogen-bond donors (Lipinski definition) is 3. The largest absolute Gasteiger partial charge is 0.314 e. The molecule has 0 aliphatic heterocycles. The quantitative estimate of drug-likeness (QED) is 0.663. The summed E-state index contributed by atoms with van der Waals surface area (Å²) in [5.74, 6) is 0. The summed E-state index contributed by atoms with van der Waals surface area (Å²) in [5, 5.41) is 10.1. The lowest BCUT2D eigenvalue weighted by Crippen LogP contribution is -2.28. The molecule has 0 fully saturated rings. The van der Waals surface area contributed by atoms with Crippen molar-refractivity contribution in [2.75, 3.05) is 19.8 Å². The normalized spacial score (nSPS) is 13.7. The highest BCUT2D eigenvalue weighted by Crippen LogP contribution is 2.17. The van der Waals surface area contributed by atoms with Gasteiger partial charge in [-0.1, -0.05) is 6.92 Å². The maximum Gasteiger partial charge on any atom is 0.244 e. The standard InChI is InChI=1S/C11H22N4O2S2/c1-8(18-4)5-6-13-19(16,17)11-9(2)14-15-10(11)7-12-3/h8,12-13H,5-7H2,1-4H3,(H,14,15). The van der Waals surface area contributed by atoms with Gasteiger partial charge in [-0.2, -0.15) is 16.9 Å². The molecule has 0 bridgehead atoms. The Morgan fingerprint density at radius 2 is 2.16 bits per heavy atom. The molecule has 1 rings (SSSR count). The topological polar surface area (TPSA) is 86.9 Å². The molecular weight excluding hydrogens is 284 g/mol. The fourth-order valence-electron chi connectivity index (χ4n) is 1.70. The van der Waals surface area contributed by atoms with Crippen LogP contribution in [0.4, 0.5) is 0 Å². The van der Waals surface area contributed by atoms with Crippen molar-refractivity contribution in [3.05, 3.63) is 11.4 Å². The Morgan fingerprint density at radius 1 is 1.47 bits per heavy atom. The van der Waals surface area contributed by atoms with E-state index in [9.17, 15) is 8.42 Å². The number of rotatable bonds is 8. The molecule has 8 heteroatoms. The average molecular weight is 306 g/mol. The third-order valence-corrected chi connectivity index (χ3v) is 5.52. The Labute approximate surface area is 119 Å². The van der Waals surface area contributed by atoms with Crippen LogP contribution in [-0.4, -0.2) is 43.7 Å². The Balaban J connectivity index is 2.79. The number of nitrogens with zero attached hydrogens (tertiary/aromatic N) is 1. The van der Waals surface area contributed by atoms with E-state index in [0.29, 0.717) is 29.7 Å². The van der Waals surface area contributed by atoms with Crippen LogP contribution < -0.4 is 10.0 Å². The summed E-state index contributed by atoms with van der Waals surface area (Å²) < 4.78 is 27.2. The molecule has 1 aromatic heterocycles. The van der Waals surface area contributed by atoms with Crippen molar-refractivity contribution in [1.29, 1.82) is 0 Å². The van der Waals surface area contributed by atoms with Crippen LogP contribution in [0.15, 0.2) is 4.90 Å². The first kappa shape index (κ1) is 16.5. The molecule has 19 heavy (non-hydrogen) atoms. The molecule has 1 aromatic rings. The number of aromatic amines is 1. The molecule has 0 saturated carbocycles. The fraction of sp³-hybridized carbons (Fsp3) is 0.727. The smallest absolute Gasteiger partial charge is 0.244 e. The zero-order valence-electron chi connectivity index (χ0n) is 11.8. The Hall–Kier alpha value is -0.570. The van der Waals surface area contributed by atoms with E-state index in [2.05, 4.69) is 27.2 Å². The maximum atomic E-state index is 12.3. The SMILES string of the molecule is CNCc1n[nH]c(C)c1S(=O)(=O)NCCC(C)SC. The van der Waals surface area contributed by atoms with Gasteiger partial charge in [0.1, 0.15) is 4.90 Å². The number of H-pyrrole nitrogens is 1. The van der Waals surface area contributed by atoms with Gasteiger partial charge in [-0.15, -0.1) is 0 Å². The monoisotopic (exact) mass is 306 g/mol. The van der Waals surface area contributed by atoms with E-state index in [1.54, 1.807) is 25.7 Å². The van der Waals surface area contributed by atoms with Crippen LogP contribution in [0, 0.1) is 6.92 Å². The lowest BCUT2D eigenvalue weighted by molar-refractivity contribution is 0.576. The van der Waals surface area contributed by atoms with Crippen LogP contribution in [0.25, 0.3) is 0 Å². The van der Waals surface area contributed by atoms with Crippen molar-refractivity contribution in [2.24, 2.45) is 0 Å². The van der Waals surface area contributed by atoms with Gasteiger partial charge in [0.05, 0.1) is 11.4 Å². The van der Waals surface area contributed by atoms with E-state index < -0.39 is 10.0 Å². The van der Waals surface area contributed by atoms with Crippen molar-refractivity contribution in [1.82, 2.24) is 20.2 Å². The lowest BCUT2D eigenvalue weighted by Gasteiger charge is -2.10. The van der Waals surface area contributed by atoms with Gasteiger partial charge in [0.25, 0.3) is 0 Å². The first-order valence-electron chi connectivity index (χ1n) is 6.13. The molecule has 110 valence electrons. The number of thioether (sulfide) groups is 1. The number of hydrogen-bond acceptors (Lipinski definition) is 5. The molecule has 0 saturated heterocycles. The molecule has 1 heterocycles. The minimum Gasteiger partial charge on any atom is -0.314 e. The van der Waals surface area contributed by atoms with Gasteiger partial charge < -0.3 is 5.32 Å². The van der Waals surface area contributed by atoms with Crippen LogP contribution in [0.1, 0.15) is 24.7 Å². The predicted octanol–water partition coefficient (Wildman–Crippen LogP) is 0.857. The Bertz CT molecular complexity index is 499. The molecule has 0 aromatic carbocycles. The van der Waals surface area contributed by atoms with Gasteiger partial charge in [-0.3, -0.25) is 5.10 Å². The van der Waals surface area contributed by atoms with E-state index in [1.807, 2.05) is 6.26 Å². The van der Waals surface area contributed by atoms with E-state index in [-0.39, 0.29) is 4.90 Å². The average Bonchev–Trinajstić information content (AvgIpc) is 2.71.